The maximum Gasteiger partial charge on any atom is 0.344 e. The summed E-state index contributed by atoms with van der Waals surface area (Å²) in [5.41, 5.74) is -0.360. The number of carbonyl (C=O) groups is 9. The van der Waals surface area contributed by atoms with Gasteiger partial charge in [-0.2, -0.15) is 0 Å². The van der Waals surface area contributed by atoms with Crippen molar-refractivity contribution in [2.45, 2.75) is 202 Å². The monoisotopic (exact) mass is 1360 g/mol. The van der Waals surface area contributed by atoms with E-state index in [0.29, 0.717) is 75.1 Å². The largest absolute Gasteiger partial charge is 0.494 e. The summed E-state index contributed by atoms with van der Waals surface area (Å²) in [6.07, 6.45) is 19.3. The number of rotatable bonds is 42. The minimum atomic E-state index is -1.23. The number of esters is 9. The summed E-state index contributed by atoms with van der Waals surface area (Å²) in [5, 5.41) is 9.29. The van der Waals surface area contributed by atoms with Crippen molar-refractivity contribution in [1.82, 2.24) is 0 Å². The molecule has 2 aliphatic rings. The van der Waals surface area contributed by atoms with Crippen LogP contribution in [0, 0.1) is 41.4 Å². The maximum atomic E-state index is 14.2. The lowest BCUT2D eigenvalue weighted by Gasteiger charge is -2.27. The summed E-state index contributed by atoms with van der Waals surface area (Å²) in [7, 11) is 0. The predicted octanol–water partition coefficient (Wildman–Crippen LogP) is 15.5. The summed E-state index contributed by atoms with van der Waals surface area (Å²) >= 11 is 0. The average molecular weight is 1360 g/mol. The van der Waals surface area contributed by atoms with Crippen molar-refractivity contribution < 1.29 is 100 Å². The van der Waals surface area contributed by atoms with Gasteiger partial charge < -0.3 is 57.2 Å². The van der Waals surface area contributed by atoms with Crippen LogP contribution in [0.15, 0.2) is 84.9 Å². The summed E-state index contributed by atoms with van der Waals surface area (Å²) in [6, 6.07) is 20.2. The highest BCUT2D eigenvalue weighted by Crippen LogP contribution is 2.37. The molecule has 0 heterocycles. The van der Waals surface area contributed by atoms with Crippen LogP contribution in [0.1, 0.15) is 243 Å². The molecular formula is C77H102O21. The van der Waals surface area contributed by atoms with Gasteiger partial charge in [-0.25, -0.2) is 19.2 Å². The number of aliphatic hydroxyl groups excluding tert-OH is 1. The average Bonchev–Trinajstić information content (AvgIpc) is 0.832. The summed E-state index contributed by atoms with van der Waals surface area (Å²) in [5.74, 6) is -9.71. The van der Waals surface area contributed by atoms with Crippen molar-refractivity contribution in [2.24, 2.45) is 41.4 Å². The van der Waals surface area contributed by atoms with E-state index in [2.05, 4.69) is 13.8 Å². The Labute approximate surface area is 576 Å². The molecule has 0 aliphatic heterocycles. The minimum Gasteiger partial charge on any atom is -0.494 e. The molecule has 3 atom stereocenters. The fourth-order valence-electron chi connectivity index (χ4n) is 11.9. The van der Waals surface area contributed by atoms with E-state index in [1.807, 2.05) is 13.8 Å². The summed E-state index contributed by atoms with van der Waals surface area (Å²) in [4.78, 5) is 124. The van der Waals surface area contributed by atoms with Gasteiger partial charge in [-0.05, 0) is 193 Å². The van der Waals surface area contributed by atoms with Crippen LogP contribution < -0.4 is 28.4 Å². The van der Waals surface area contributed by atoms with Gasteiger partial charge in [0.05, 0.1) is 60.5 Å². The molecule has 0 saturated heterocycles. The van der Waals surface area contributed by atoms with Crippen LogP contribution in [0.2, 0.25) is 0 Å². The zero-order valence-corrected chi connectivity index (χ0v) is 58.2. The first-order valence-electron chi connectivity index (χ1n) is 35.5. The molecule has 4 aromatic rings. The van der Waals surface area contributed by atoms with Crippen molar-refractivity contribution in [2.75, 3.05) is 40.0 Å². The van der Waals surface area contributed by atoms with E-state index in [9.17, 15) is 48.3 Å². The fraction of sp³-hybridized carbons (Fsp3) is 0.571. The number of hydrogen-bond acceptors (Lipinski definition) is 21. The third-order valence-electron chi connectivity index (χ3n) is 18.0. The standard InChI is InChI=1S/C77H102O21/c1-7-12-16-20-53-22-26-56(27-23-53)72(82)95-63-38-40-67(97-74(84)57-28-24-54(25-29-57)21-17-13-8-2)66(48-63)77(87)94-51-92-71(81)60(47-55(11-5)70(80)90-45-19-18-42-78)46-52(6)69(79)91-50-93-76(86)65-49-64(96-73(83)58-30-34-61(35-31-58)88-43-14-9-3)39-41-68(65)98-75(85)59-32-36-62(37-33-59)89-44-15-10-4/h30-41,48-49,52-57,60,78H,7-29,42-47,50-51H2,1-6H3. The Kier molecular flexibility index (Phi) is 34.6. The number of hydrogen-bond donors (Lipinski definition) is 1. The second kappa shape index (κ2) is 43.2. The first kappa shape index (κ1) is 78.7. The van der Waals surface area contributed by atoms with Gasteiger partial charge in [0.15, 0.2) is 0 Å². The van der Waals surface area contributed by atoms with E-state index in [1.54, 1.807) is 31.2 Å². The van der Waals surface area contributed by atoms with Gasteiger partial charge in [0.2, 0.25) is 13.6 Å². The van der Waals surface area contributed by atoms with Gasteiger partial charge in [-0.1, -0.05) is 106 Å². The summed E-state index contributed by atoms with van der Waals surface area (Å²) in [6.45, 7) is 10.5. The van der Waals surface area contributed by atoms with Crippen LogP contribution in [0.4, 0.5) is 0 Å². The van der Waals surface area contributed by atoms with E-state index in [4.69, 9.17) is 52.1 Å². The van der Waals surface area contributed by atoms with E-state index >= 15 is 0 Å². The molecule has 0 bridgehead atoms. The molecule has 98 heavy (non-hydrogen) atoms. The van der Waals surface area contributed by atoms with Crippen LogP contribution >= 0.6 is 0 Å². The van der Waals surface area contributed by atoms with Crippen LogP contribution in [0.25, 0.3) is 0 Å². The second-order valence-corrected chi connectivity index (χ2v) is 25.6. The normalized spacial score (nSPS) is 16.8. The molecule has 0 radical (unpaired) electrons. The topological polar surface area (TPSA) is 275 Å². The maximum absolute atomic E-state index is 14.2. The van der Waals surface area contributed by atoms with Crippen molar-refractivity contribution in [3.05, 3.63) is 107 Å². The van der Waals surface area contributed by atoms with Gasteiger partial charge in [0, 0.05) is 6.61 Å². The highest BCUT2D eigenvalue weighted by molar-refractivity contribution is 5.98. The molecule has 6 rings (SSSR count). The van der Waals surface area contributed by atoms with Gasteiger partial charge in [-0.15, -0.1) is 0 Å². The Morgan fingerprint density at radius 1 is 0.408 bits per heavy atom. The van der Waals surface area contributed by atoms with Gasteiger partial charge >= 0.3 is 53.7 Å². The van der Waals surface area contributed by atoms with Gasteiger partial charge in [-0.3, -0.25) is 24.0 Å². The second-order valence-electron chi connectivity index (χ2n) is 25.6. The van der Waals surface area contributed by atoms with E-state index < -0.39 is 91.0 Å². The molecule has 2 aliphatic carbocycles. The van der Waals surface area contributed by atoms with Crippen molar-refractivity contribution in [3.8, 4) is 34.5 Å². The molecule has 2 saturated carbocycles. The number of aliphatic hydroxyl groups is 1. The third kappa shape index (κ3) is 26.5. The van der Waals surface area contributed by atoms with E-state index in [0.717, 1.165) is 102 Å². The van der Waals surface area contributed by atoms with Crippen molar-refractivity contribution >= 4 is 53.7 Å². The Hall–Kier alpha value is -8.33. The lowest BCUT2D eigenvalue weighted by atomic mass is 9.80. The zero-order chi connectivity index (χ0) is 70.6. The molecule has 3 unspecified atom stereocenters. The molecule has 21 heteroatoms. The lowest BCUT2D eigenvalue weighted by molar-refractivity contribution is -0.162. The quantitative estimate of drug-likeness (QED) is 0.0142. The smallest absolute Gasteiger partial charge is 0.344 e. The highest BCUT2D eigenvalue weighted by atomic mass is 16.7. The summed E-state index contributed by atoms with van der Waals surface area (Å²) < 4.78 is 61.9. The zero-order valence-electron chi connectivity index (χ0n) is 58.2. The SMILES string of the molecule is CCCCCC1CCC(C(=O)Oc2ccc(OC(=O)C3CCC(CCCCC)CC3)c(C(=O)OCOC(=O)C(CC(C)C(=O)OCOC(=O)c3cc(OC(=O)c4ccc(OCCCC)cc4)ccc3OC(=O)c3ccc(OCCCC)cc3)CC(CC)C(=O)OCCCCO)c2)CC1. The number of ether oxygens (including phenoxy) is 11. The highest BCUT2D eigenvalue weighted by Gasteiger charge is 2.35. The van der Waals surface area contributed by atoms with Crippen LogP contribution in [-0.4, -0.2) is 98.8 Å². The molecule has 4 aromatic carbocycles. The lowest BCUT2D eigenvalue weighted by Crippen LogP contribution is -2.30. The van der Waals surface area contributed by atoms with Crippen LogP contribution in [0.3, 0.4) is 0 Å². The molecule has 21 nitrogen and oxygen atoms in total. The third-order valence-corrected chi connectivity index (χ3v) is 18.0. The van der Waals surface area contributed by atoms with E-state index in [-0.39, 0.29) is 83.6 Å². The first-order valence-corrected chi connectivity index (χ1v) is 35.5. The van der Waals surface area contributed by atoms with Gasteiger partial charge in [0.25, 0.3) is 0 Å². The molecule has 536 valence electrons. The van der Waals surface area contributed by atoms with Crippen LogP contribution in [0.5, 0.6) is 34.5 Å². The first-order chi connectivity index (χ1) is 47.5. The van der Waals surface area contributed by atoms with Gasteiger partial charge in [0.1, 0.15) is 45.6 Å². The molecule has 1 N–H and O–H groups in total. The predicted molar refractivity (Wildman–Crippen MR) is 363 cm³/mol. The number of carbonyl (C=O) groups excluding carboxylic acids is 9. The Balaban J connectivity index is 1.15. The Morgan fingerprint density at radius 2 is 0.847 bits per heavy atom. The molecule has 0 spiro atoms. The number of unbranched alkanes of at least 4 members (excludes halogenated alkanes) is 7. The molecular weight excluding hydrogens is 1260 g/mol. The molecule has 2 fully saturated rings. The number of benzene rings is 4. The molecule has 0 amide bonds. The van der Waals surface area contributed by atoms with Crippen LogP contribution in [-0.2, 0) is 47.7 Å². The fourth-order valence-corrected chi connectivity index (χ4v) is 11.9. The minimum absolute atomic E-state index is 0.00662. The Bertz CT molecular complexity index is 3160. The van der Waals surface area contributed by atoms with E-state index in [1.165, 1.54) is 67.9 Å². The Morgan fingerprint density at radius 3 is 1.33 bits per heavy atom. The van der Waals surface area contributed by atoms with Crippen molar-refractivity contribution in [1.29, 1.82) is 0 Å². The van der Waals surface area contributed by atoms with Crippen molar-refractivity contribution in [3.63, 3.8) is 0 Å². The molecule has 0 aromatic heterocycles.